The highest BCUT2D eigenvalue weighted by Crippen LogP contribution is 2.38. The molecule has 2 aliphatic rings. The normalized spacial score (nSPS) is 22.6. The third kappa shape index (κ3) is 3.64. The van der Waals surface area contributed by atoms with Gasteiger partial charge in [-0.15, -0.1) is 0 Å². The number of aryl methyl sites for hydroxylation is 1. The fourth-order valence-electron chi connectivity index (χ4n) is 3.09. The number of rotatable bonds is 5. The van der Waals surface area contributed by atoms with Gasteiger partial charge in [-0.05, 0) is 37.8 Å². The standard InChI is InChI=1S/C16H21ClN2O3/c1-10-13(4-5-15(17)18-10)22-14(8-11-2-3-11)12-6-7-19(9-12)16(20)21/h4-5,11-12,14H,2-3,6-9H2,1H3,(H,20,21)/t12-,14?/m0/s1. The Hall–Kier alpha value is -1.49. The molecular weight excluding hydrogens is 304 g/mol. The van der Waals surface area contributed by atoms with Gasteiger partial charge >= 0.3 is 6.09 Å². The van der Waals surface area contributed by atoms with Gasteiger partial charge in [0.05, 0.1) is 5.69 Å². The number of hydrogen-bond donors (Lipinski definition) is 1. The molecule has 3 rings (SSSR count). The molecular formula is C16H21ClN2O3. The summed E-state index contributed by atoms with van der Waals surface area (Å²) in [5.74, 6) is 1.74. The average Bonchev–Trinajstić information content (AvgIpc) is 3.13. The van der Waals surface area contributed by atoms with E-state index in [-0.39, 0.29) is 12.0 Å². The zero-order valence-electron chi connectivity index (χ0n) is 12.7. The summed E-state index contributed by atoms with van der Waals surface area (Å²) in [4.78, 5) is 16.8. The van der Waals surface area contributed by atoms with Gasteiger partial charge in [0.15, 0.2) is 0 Å². The molecule has 22 heavy (non-hydrogen) atoms. The maximum atomic E-state index is 11.1. The molecule has 120 valence electrons. The predicted molar refractivity (Wildman–Crippen MR) is 83.4 cm³/mol. The van der Waals surface area contributed by atoms with E-state index >= 15 is 0 Å². The largest absolute Gasteiger partial charge is 0.488 e. The lowest BCUT2D eigenvalue weighted by Crippen LogP contribution is -2.32. The van der Waals surface area contributed by atoms with Crippen LogP contribution in [0.5, 0.6) is 5.75 Å². The van der Waals surface area contributed by atoms with Crippen LogP contribution in [0.1, 0.15) is 31.4 Å². The molecule has 5 nitrogen and oxygen atoms in total. The minimum absolute atomic E-state index is 0.0542. The first-order valence-electron chi connectivity index (χ1n) is 7.80. The first kappa shape index (κ1) is 15.4. The Morgan fingerprint density at radius 2 is 2.27 bits per heavy atom. The Balaban J connectivity index is 1.71. The molecule has 0 radical (unpaired) electrons. The second kappa shape index (κ2) is 6.32. The van der Waals surface area contributed by atoms with Gasteiger partial charge in [-0.2, -0.15) is 0 Å². The van der Waals surface area contributed by atoms with E-state index in [0.29, 0.717) is 18.2 Å². The highest BCUT2D eigenvalue weighted by molar-refractivity contribution is 6.29. The summed E-state index contributed by atoms with van der Waals surface area (Å²) in [7, 11) is 0. The van der Waals surface area contributed by atoms with E-state index < -0.39 is 6.09 Å². The van der Waals surface area contributed by atoms with Crippen LogP contribution < -0.4 is 4.74 Å². The van der Waals surface area contributed by atoms with E-state index in [1.807, 2.05) is 13.0 Å². The van der Waals surface area contributed by atoms with E-state index in [2.05, 4.69) is 4.98 Å². The van der Waals surface area contributed by atoms with Crippen LogP contribution in [0.25, 0.3) is 0 Å². The molecule has 1 aromatic rings. The van der Waals surface area contributed by atoms with Gasteiger partial charge < -0.3 is 14.7 Å². The highest BCUT2D eigenvalue weighted by Gasteiger charge is 2.36. The topological polar surface area (TPSA) is 62.7 Å². The third-order valence-corrected chi connectivity index (χ3v) is 4.78. The van der Waals surface area contributed by atoms with Gasteiger partial charge in [-0.25, -0.2) is 9.78 Å². The summed E-state index contributed by atoms with van der Waals surface area (Å²) in [6.07, 6.45) is 3.60. The quantitative estimate of drug-likeness (QED) is 0.841. The van der Waals surface area contributed by atoms with Crippen molar-refractivity contribution in [2.75, 3.05) is 13.1 Å². The molecule has 1 aliphatic carbocycles. The molecule has 6 heteroatoms. The van der Waals surface area contributed by atoms with Crippen molar-refractivity contribution in [2.45, 2.75) is 38.7 Å². The van der Waals surface area contributed by atoms with Crippen LogP contribution in [-0.2, 0) is 0 Å². The molecule has 1 saturated carbocycles. The van der Waals surface area contributed by atoms with Crippen molar-refractivity contribution in [1.82, 2.24) is 9.88 Å². The molecule has 0 spiro atoms. The third-order valence-electron chi connectivity index (χ3n) is 4.57. The lowest BCUT2D eigenvalue weighted by atomic mass is 9.96. The predicted octanol–water partition coefficient (Wildman–Crippen LogP) is 3.59. The van der Waals surface area contributed by atoms with Crippen LogP contribution in [0, 0.1) is 18.8 Å². The number of hydrogen-bond acceptors (Lipinski definition) is 3. The molecule has 0 aromatic carbocycles. The van der Waals surface area contributed by atoms with Crippen molar-refractivity contribution >= 4 is 17.7 Å². The van der Waals surface area contributed by atoms with Crippen LogP contribution in [0.15, 0.2) is 12.1 Å². The minimum atomic E-state index is -0.836. The van der Waals surface area contributed by atoms with E-state index in [1.54, 1.807) is 6.07 Å². The van der Waals surface area contributed by atoms with E-state index in [0.717, 1.165) is 30.2 Å². The summed E-state index contributed by atoms with van der Waals surface area (Å²) < 4.78 is 6.22. The van der Waals surface area contributed by atoms with E-state index in [9.17, 15) is 4.79 Å². The zero-order valence-corrected chi connectivity index (χ0v) is 13.4. The summed E-state index contributed by atoms with van der Waals surface area (Å²) in [6, 6.07) is 3.59. The number of carboxylic acid groups (broad SMARTS) is 1. The maximum Gasteiger partial charge on any atom is 0.407 e. The van der Waals surface area contributed by atoms with Crippen LogP contribution >= 0.6 is 11.6 Å². The average molecular weight is 325 g/mol. The van der Waals surface area contributed by atoms with Gasteiger partial charge in [0.2, 0.25) is 0 Å². The van der Waals surface area contributed by atoms with Crippen molar-refractivity contribution in [3.63, 3.8) is 0 Å². The van der Waals surface area contributed by atoms with Gasteiger partial charge in [0.1, 0.15) is 17.0 Å². The van der Waals surface area contributed by atoms with E-state index in [4.69, 9.17) is 21.4 Å². The molecule has 1 aromatic heterocycles. The first-order valence-corrected chi connectivity index (χ1v) is 8.18. The smallest absolute Gasteiger partial charge is 0.407 e. The maximum absolute atomic E-state index is 11.1. The van der Waals surface area contributed by atoms with Crippen molar-refractivity contribution in [3.05, 3.63) is 23.0 Å². The summed E-state index contributed by atoms with van der Waals surface area (Å²) in [5.41, 5.74) is 0.779. The van der Waals surface area contributed by atoms with Crippen molar-refractivity contribution in [3.8, 4) is 5.75 Å². The number of likely N-dealkylation sites (tertiary alicyclic amines) is 1. The van der Waals surface area contributed by atoms with Crippen LogP contribution in [-0.4, -0.2) is 40.3 Å². The molecule has 2 heterocycles. The van der Waals surface area contributed by atoms with Crippen LogP contribution in [0.3, 0.4) is 0 Å². The number of halogens is 1. The Morgan fingerprint density at radius 3 is 2.86 bits per heavy atom. The Bertz CT molecular complexity index is 562. The van der Waals surface area contributed by atoms with Gasteiger partial charge in [-0.1, -0.05) is 24.4 Å². The first-order chi connectivity index (χ1) is 10.5. The summed E-state index contributed by atoms with van der Waals surface area (Å²) in [6.45, 7) is 3.04. The van der Waals surface area contributed by atoms with Crippen LogP contribution in [0.4, 0.5) is 4.79 Å². The number of ether oxygens (including phenoxy) is 1. The van der Waals surface area contributed by atoms with Gasteiger partial charge in [0.25, 0.3) is 0 Å². The lowest BCUT2D eigenvalue weighted by Gasteiger charge is -2.25. The molecule has 0 bridgehead atoms. The molecule has 2 atom stereocenters. The molecule has 1 unspecified atom stereocenters. The highest BCUT2D eigenvalue weighted by atomic mass is 35.5. The molecule has 1 amide bonds. The summed E-state index contributed by atoms with van der Waals surface area (Å²) in [5, 5.41) is 9.59. The van der Waals surface area contributed by atoms with Gasteiger partial charge in [-0.3, -0.25) is 0 Å². The number of pyridine rings is 1. The zero-order chi connectivity index (χ0) is 15.7. The number of nitrogens with zero attached hydrogens (tertiary/aromatic N) is 2. The lowest BCUT2D eigenvalue weighted by molar-refractivity contribution is 0.114. The van der Waals surface area contributed by atoms with Crippen molar-refractivity contribution < 1.29 is 14.6 Å². The molecule has 1 saturated heterocycles. The SMILES string of the molecule is Cc1nc(Cl)ccc1OC(CC1CC1)[C@H]1CCN(C(=O)O)C1. The Labute approximate surface area is 135 Å². The molecule has 1 N–H and O–H groups in total. The second-order valence-corrected chi connectivity index (χ2v) is 6.72. The van der Waals surface area contributed by atoms with Gasteiger partial charge in [0, 0.05) is 19.0 Å². The Morgan fingerprint density at radius 1 is 1.50 bits per heavy atom. The minimum Gasteiger partial charge on any atom is -0.488 e. The van der Waals surface area contributed by atoms with Crippen molar-refractivity contribution in [1.29, 1.82) is 0 Å². The second-order valence-electron chi connectivity index (χ2n) is 6.33. The fourth-order valence-corrected chi connectivity index (χ4v) is 3.28. The molecule has 2 fully saturated rings. The fraction of sp³-hybridized carbons (Fsp3) is 0.625. The number of amides is 1. The number of carbonyl (C=O) groups is 1. The van der Waals surface area contributed by atoms with Crippen molar-refractivity contribution in [2.24, 2.45) is 11.8 Å². The monoisotopic (exact) mass is 324 g/mol. The number of aromatic nitrogens is 1. The summed E-state index contributed by atoms with van der Waals surface area (Å²) >= 11 is 5.89. The Kier molecular flexibility index (Phi) is 4.43. The van der Waals surface area contributed by atoms with E-state index in [1.165, 1.54) is 17.7 Å². The van der Waals surface area contributed by atoms with Crippen LogP contribution in [0.2, 0.25) is 5.15 Å². The molecule has 1 aliphatic heterocycles.